The van der Waals surface area contributed by atoms with Gasteiger partial charge in [0, 0.05) is 11.6 Å². The minimum Gasteiger partial charge on any atom is -0.494 e. The van der Waals surface area contributed by atoms with Gasteiger partial charge in [-0.2, -0.15) is 13.2 Å². The van der Waals surface area contributed by atoms with Crippen LogP contribution in [0.2, 0.25) is 0 Å². The van der Waals surface area contributed by atoms with Gasteiger partial charge in [-0.25, -0.2) is 0 Å². The summed E-state index contributed by atoms with van der Waals surface area (Å²) in [5, 5.41) is 7.86. The third-order valence-corrected chi connectivity index (χ3v) is 5.36. The molecule has 0 radical (unpaired) electrons. The van der Waals surface area contributed by atoms with Gasteiger partial charge in [-0.15, -0.1) is 10.2 Å². The van der Waals surface area contributed by atoms with E-state index in [2.05, 4.69) is 21.9 Å². The monoisotopic (exact) mass is 512 g/mol. The Balaban J connectivity index is 1.85. The molecule has 0 N–H and O–H groups in total. The van der Waals surface area contributed by atoms with Gasteiger partial charge in [0.15, 0.2) is 0 Å². The molecule has 2 rings (SSSR count). The van der Waals surface area contributed by atoms with Crippen molar-refractivity contribution < 1.29 is 36.9 Å². The molecule has 0 aliphatic heterocycles. The molecule has 7 nitrogen and oxygen atoms in total. The van der Waals surface area contributed by atoms with Crippen molar-refractivity contribution in [2.75, 3.05) is 19.8 Å². The van der Waals surface area contributed by atoms with E-state index in [4.69, 9.17) is 14.2 Å². The highest BCUT2D eigenvalue weighted by molar-refractivity contribution is 5.69. The predicted octanol–water partition coefficient (Wildman–Crippen LogP) is 6.16. The Morgan fingerprint density at radius 2 is 1.69 bits per heavy atom. The predicted molar refractivity (Wildman–Crippen MR) is 129 cm³/mol. The number of rotatable bonds is 16. The van der Waals surface area contributed by atoms with Gasteiger partial charge in [-0.1, -0.05) is 33.1 Å². The maximum absolute atomic E-state index is 13.3. The molecule has 0 saturated heterocycles. The van der Waals surface area contributed by atoms with Crippen LogP contribution in [0, 0.1) is 0 Å². The Labute approximate surface area is 210 Å². The highest BCUT2D eigenvalue weighted by Crippen LogP contribution is 2.25. The molecule has 1 aromatic heterocycles. The molecule has 2 aromatic rings. The Hall–Kier alpha value is -2.88. The number of hydrogen-bond acceptors (Lipinski definition) is 7. The molecule has 2 unspecified atom stereocenters. The van der Waals surface area contributed by atoms with Gasteiger partial charge in [0.05, 0.1) is 31.4 Å². The van der Waals surface area contributed by atoms with Gasteiger partial charge in [0.25, 0.3) is 0 Å². The first-order valence-electron chi connectivity index (χ1n) is 12.3. The number of nitrogens with zero attached hydrogens (tertiary/aromatic N) is 2. The van der Waals surface area contributed by atoms with E-state index < -0.39 is 24.9 Å². The number of halogens is 3. The van der Waals surface area contributed by atoms with Crippen LogP contribution in [0.15, 0.2) is 36.4 Å². The molecular weight excluding hydrogens is 477 g/mol. The van der Waals surface area contributed by atoms with Crippen LogP contribution in [-0.2, 0) is 14.3 Å². The number of unbranched alkanes of at least 4 members (excludes halogenated alkanes) is 3. The number of alkyl halides is 3. The van der Waals surface area contributed by atoms with Crippen molar-refractivity contribution in [3.05, 3.63) is 36.4 Å². The number of aromatic nitrogens is 2. The first-order chi connectivity index (χ1) is 17.2. The highest BCUT2D eigenvalue weighted by Gasteiger charge is 2.43. The van der Waals surface area contributed by atoms with E-state index in [9.17, 15) is 18.0 Å². The summed E-state index contributed by atoms with van der Waals surface area (Å²) < 4.78 is 60.6. The van der Waals surface area contributed by atoms with Gasteiger partial charge in [0.1, 0.15) is 12.4 Å². The number of hydrogen-bond donors (Lipinski definition) is 0. The normalized spacial score (nSPS) is 13.2. The van der Waals surface area contributed by atoms with Crippen LogP contribution < -0.4 is 9.47 Å². The maximum atomic E-state index is 13.3. The van der Waals surface area contributed by atoms with Crippen molar-refractivity contribution in [1.29, 1.82) is 0 Å². The molecule has 0 spiro atoms. The van der Waals surface area contributed by atoms with Crippen LogP contribution in [0.25, 0.3) is 11.3 Å². The van der Waals surface area contributed by atoms with E-state index in [-0.39, 0.29) is 25.0 Å². The Morgan fingerprint density at radius 3 is 2.31 bits per heavy atom. The first-order valence-corrected chi connectivity index (χ1v) is 12.3. The smallest absolute Gasteiger partial charge is 0.428 e. The van der Waals surface area contributed by atoms with Gasteiger partial charge >= 0.3 is 12.1 Å². The minimum absolute atomic E-state index is 0.0156. The van der Waals surface area contributed by atoms with Gasteiger partial charge < -0.3 is 18.9 Å². The van der Waals surface area contributed by atoms with Crippen molar-refractivity contribution in [2.24, 2.45) is 0 Å². The van der Waals surface area contributed by atoms with Crippen LogP contribution in [0.1, 0.15) is 59.3 Å². The number of benzene rings is 1. The lowest BCUT2D eigenvalue weighted by Crippen LogP contribution is -2.39. The standard InChI is InChI=1S/C26H35F3N2O5/c1-4-6-7-8-16-34-21-11-9-20(10-12-21)22-13-14-24(31-30-22)35-18-23(26(27,28)29)36-25(32)15-17-33-19(3)5-2/h9-14,19,23H,4-8,15-18H2,1-3H3. The van der Waals surface area contributed by atoms with Gasteiger partial charge in [-0.3, -0.25) is 4.79 Å². The highest BCUT2D eigenvalue weighted by atomic mass is 19.4. The fraction of sp³-hybridized carbons (Fsp3) is 0.577. The average Bonchev–Trinajstić information content (AvgIpc) is 2.86. The summed E-state index contributed by atoms with van der Waals surface area (Å²) in [7, 11) is 0. The molecule has 0 aliphatic rings. The lowest BCUT2D eigenvalue weighted by molar-refractivity contribution is -0.227. The fourth-order valence-corrected chi connectivity index (χ4v) is 3.03. The van der Waals surface area contributed by atoms with E-state index in [0.29, 0.717) is 12.3 Å². The van der Waals surface area contributed by atoms with E-state index in [1.165, 1.54) is 18.9 Å². The maximum Gasteiger partial charge on any atom is 0.428 e. The quantitative estimate of drug-likeness (QED) is 0.197. The number of esters is 1. The SMILES string of the molecule is CCCCCCOc1ccc(-c2ccc(OCC(OC(=O)CCOC(C)CC)C(F)(F)F)nn2)cc1. The largest absolute Gasteiger partial charge is 0.494 e. The number of ether oxygens (including phenoxy) is 4. The number of carbonyl (C=O) groups is 1. The zero-order valence-electron chi connectivity index (χ0n) is 21.1. The fourth-order valence-electron chi connectivity index (χ4n) is 3.03. The lowest BCUT2D eigenvalue weighted by Gasteiger charge is -2.21. The van der Waals surface area contributed by atoms with E-state index >= 15 is 0 Å². The summed E-state index contributed by atoms with van der Waals surface area (Å²) in [4.78, 5) is 11.8. The molecule has 2 atom stereocenters. The third-order valence-electron chi connectivity index (χ3n) is 5.36. The molecule has 1 heterocycles. The van der Waals surface area contributed by atoms with Crippen LogP contribution in [-0.4, -0.2) is 54.4 Å². The molecule has 200 valence electrons. The summed E-state index contributed by atoms with van der Waals surface area (Å²) in [6.45, 7) is 5.58. The van der Waals surface area contributed by atoms with Crippen molar-refractivity contribution in [1.82, 2.24) is 10.2 Å². The summed E-state index contributed by atoms with van der Waals surface area (Å²) in [6.07, 6.45) is -2.36. The molecule has 0 bridgehead atoms. The van der Waals surface area contributed by atoms with Crippen LogP contribution in [0.3, 0.4) is 0 Å². The Bertz CT molecular complexity index is 892. The summed E-state index contributed by atoms with van der Waals surface area (Å²) >= 11 is 0. The molecule has 0 amide bonds. The van der Waals surface area contributed by atoms with Crippen molar-refractivity contribution >= 4 is 5.97 Å². The average molecular weight is 513 g/mol. The molecule has 1 aromatic carbocycles. The van der Waals surface area contributed by atoms with E-state index in [1.54, 1.807) is 6.07 Å². The molecule has 0 aliphatic carbocycles. The van der Waals surface area contributed by atoms with Crippen molar-refractivity contribution in [3.8, 4) is 22.9 Å². The van der Waals surface area contributed by atoms with Crippen LogP contribution in [0.4, 0.5) is 13.2 Å². The molecule has 0 saturated carbocycles. The van der Waals surface area contributed by atoms with Crippen molar-refractivity contribution in [2.45, 2.75) is 77.7 Å². The number of carbonyl (C=O) groups excluding carboxylic acids is 1. The third kappa shape index (κ3) is 10.8. The second-order valence-corrected chi connectivity index (χ2v) is 8.36. The van der Waals surface area contributed by atoms with E-state index in [0.717, 1.165) is 30.6 Å². The van der Waals surface area contributed by atoms with Crippen molar-refractivity contribution in [3.63, 3.8) is 0 Å². The van der Waals surface area contributed by atoms with Crippen LogP contribution in [0.5, 0.6) is 11.6 Å². The Morgan fingerprint density at radius 1 is 0.944 bits per heavy atom. The zero-order chi connectivity index (χ0) is 26.4. The van der Waals surface area contributed by atoms with Gasteiger partial charge in [0.2, 0.25) is 12.0 Å². The summed E-state index contributed by atoms with van der Waals surface area (Å²) in [5.41, 5.74) is 1.30. The lowest BCUT2D eigenvalue weighted by atomic mass is 10.1. The topological polar surface area (TPSA) is 79.8 Å². The summed E-state index contributed by atoms with van der Waals surface area (Å²) in [5.74, 6) is -0.377. The second kappa shape index (κ2) is 15.3. The second-order valence-electron chi connectivity index (χ2n) is 8.36. The summed E-state index contributed by atoms with van der Waals surface area (Å²) in [6, 6.07) is 10.3. The molecule has 0 fully saturated rings. The molecule has 10 heteroatoms. The Kier molecular flexibility index (Phi) is 12.5. The minimum atomic E-state index is -4.79. The zero-order valence-corrected chi connectivity index (χ0v) is 21.1. The van der Waals surface area contributed by atoms with Crippen LogP contribution >= 0.6 is 0 Å². The molecule has 36 heavy (non-hydrogen) atoms. The first kappa shape index (κ1) is 29.4. The van der Waals surface area contributed by atoms with E-state index in [1.807, 2.05) is 38.1 Å². The van der Waals surface area contributed by atoms with Gasteiger partial charge in [-0.05, 0) is 50.1 Å². The molecular formula is C26H35F3N2O5.